The minimum atomic E-state index is -0.0225. The van der Waals surface area contributed by atoms with E-state index >= 15 is 0 Å². The van der Waals surface area contributed by atoms with Crippen molar-refractivity contribution >= 4 is 11.5 Å². The van der Waals surface area contributed by atoms with Crippen LogP contribution in [0.4, 0.5) is 5.82 Å². The van der Waals surface area contributed by atoms with Crippen LogP contribution in [0.5, 0.6) is 0 Å². The number of methoxy groups -OCH3 is 1. The second-order valence-electron chi connectivity index (χ2n) is 4.75. The van der Waals surface area contributed by atoms with E-state index in [1.54, 1.807) is 11.6 Å². The minimum absolute atomic E-state index is 0.0225. The van der Waals surface area contributed by atoms with Gasteiger partial charge in [-0.1, -0.05) is 30.3 Å². The highest BCUT2D eigenvalue weighted by atomic mass is 16.5. The number of hydrogen-bond donors (Lipinski definition) is 1. The van der Waals surface area contributed by atoms with Crippen molar-refractivity contribution in [2.24, 2.45) is 0 Å². The largest absolute Gasteiger partial charge is 0.375 e. The van der Waals surface area contributed by atoms with E-state index in [2.05, 4.69) is 32.7 Å². The third-order valence-corrected chi connectivity index (χ3v) is 3.34. The molecule has 0 bridgehead atoms. The average Bonchev–Trinajstić information content (AvgIpc) is 2.90. The van der Waals surface area contributed by atoms with Crippen LogP contribution >= 0.6 is 0 Å². The first-order chi connectivity index (χ1) is 10.3. The first-order valence-corrected chi connectivity index (χ1v) is 6.78. The standard InChI is InChI=1S/C15H17N5O/c1-11-17-18-15-9-8-14(19-20(11)15)16-10-13(21-2)12-6-4-3-5-7-12/h3-9,13H,10H2,1-2H3,(H,16,19). The van der Waals surface area contributed by atoms with Gasteiger partial charge in [0.25, 0.3) is 0 Å². The van der Waals surface area contributed by atoms with Crippen molar-refractivity contribution in [3.05, 3.63) is 53.9 Å². The van der Waals surface area contributed by atoms with Crippen LogP contribution < -0.4 is 5.32 Å². The molecular formula is C15H17N5O. The van der Waals surface area contributed by atoms with Crippen LogP contribution in [-0.2, 0) is 4.74 Å². The Bertz CT molecular complexity index is 725. The van der Waals surface area contributed by atoms with Gasteiger partial charge in [0.15, 0.2) is 11.5 Å². The fourth-order valence-electron chi connectivity index (χ4n) is 2.19. The zero-order valence-electron chi connectivity index (χ0n) is 12.0. The lowest BCUT2D eigenvalue weighted by atomic mass is 10.1. The molecule has 1 N–H and O–H groups in total. The minimum Gasteiger partial charge on any atom is -0.375 e. The molecule has 108 valence electrons. The first-order valence-electron chi connectivity index (χ1n) is 6.78. The van der Waals surface area contributed by atoms with Gasteiger partial charge in [-0.05, 0) is 24.6 Å². The molecule has 1 unspecified atom stereocenters. The maximum absolute atomic E-state index is 5.53. The molecule has 0 spiro atoms. The molecule has 0 aliphatic heterocycles. The van der Waals surface area contributed by atoms with E-state index in [1.165, 1.54) is 0 Å². The molecule has 0 radical (unpaired) electrons. The van der Waals surface area contributed by atoms with E-state index in [9.17, 15) is 0 Å². The molecular weight excluding hydrogens is 266 g/mol. The molecule has 0 saturated heterocycles. The maximum atomic E-state index is 5.53. The Labute approximate surface area is 122 Å². The van der Waals surface area contributed by atoms with Crippen molar-refractivity contribution in [3.8, 4) is 0 Å². The van der Waals surface area contributed by atoms with Crippen LogP contribution in [0.1, 0.15) is 17.5 Å². The van der Waals surface area contributed by atoms with Gasteiger partial charge in [0, 0.05) is 13.7 Å². The maximum Gasteiger partial charge on any atom is 0.178 e. The van der Waals surface area contributed by atoms with Gasteiger partial charge in [0.05, 0.1) is 6.10 Å². The first kappa shape index (κ1) is 13.5. The third-order valence-electron chi connectivity index (χ3n) is 3.34. The molecule has 1 atom stereocenters. The molecule has 6 heteroatoms. The molecule has 0 aliphatic carbocycles. The Morgan fingerprint density at radius 2 is 1.95 bits per heavy atom. The topological polar surface area (TPSA) is 64.3 Å². The number of aryl methyl sites for hydroxylation is 1. The lowest BCUT2D eigenvalue weighted by Gasteiger charge is -2.16. The summed E-state index contributed by atoms with van der Waals surface area (Å²) >= 11 is 0. The molecule has 2 heterocycles. The molecule has 0 aliphatic rings. The van der Waals surface area contributed by atoms with Crippen molar-refractivity contribution in [2.75, 3.05) is 19.0 Å². The fraction of sp³-hybridized carbons (Fsp3) is 0.267. The zero-order valence-corrected chi connectivity index (χ0v) is 12.0. The van der Waals surface area contributed by atoms with Gasteiger partial charge in [0.2, 0.25) is 0 Å². The molecule has 0 amide bonds. The predicted octanol–water partition coefficient (Wildman–Crippen LogP) is 2.23. The van der Waals surface area contributed by atoms with Gasteiger partial charge < -0.3 is 10.1 Å². The predicted molar refractivity (Wildman–Crippen MR) is 80.2 cm³/mol. The Morgan fingerprint density at radius 3 is 2.71 bits per heavy atom. The van der Waals surface area contributed by atoms with Gasteiger partial charge in [-0.3, -0.25) is 0 Å². The second-order valence-corrected chi connectivity index (χ2v) is 4.75. The summed E-state index contributed by atoms with van der Waals surface area (Å²) in [7, 11) is 1.71. The summed E-state index contributed by atoms with van der Waals surface area (Å²) < 4.78 is 7.25. The van der Waals surface area contributed by atoms with Crippen molar-refractivity contribution in [3.63, 3.8) is 0 Å². The highest BCUT2D eigenvalue weighted by Crippen LogP contribution is 2.17. The van der Waals surface area contributed by atoms with Crippen LogP contribution in [0.25, 0.3) is 5.65 Å². The van der Waals surface area contributed by atoms with Crippen LogP contribution in [0, 0.1) is 6.92 Å². The van der Waals surface area contributed by atoms with Crippen molar-refractivity contribution in [1.29, 1.82) is 0 Å². The lowest BCUT2D eigenvalue weighted by molar-refractivity contribution is 0.114. The summed E-state index contributed by atoms with van der Waals surface area (Å²) in [5.74, 6) is 1.53. The number of hydrogen-bond acceptors (Lipinski definition) is 5. The Hall–Kier alpha value is -2.47. The van der Waals surface area contributed by atoms with Crippen LogP contribution in [0.2, 0.25) is 0 Å². The molecule has 6 nitrogen and oxygen atoms in total. The number of nitrogens with one attached hydrogen (secondary N) is 1. The smallest absolute Gasteiger partial charge is 0.178 e. The Balaban J connectivity index is 1.74. The van der Waals surface area contributed by atoms with Gasteiger partial charge >= 0.3 is 0 Å². The molecule has 3 aromatic rings. The Kier molecular flexibility index (Phi) is 3.79. The fourth-order valence-corrected chi connectivity index (χ4v) is 2.19. The molecule has 1 aromatic carbocycles. The van der Waals surface area contributed by atoms with Crippen molar-refractivity contribution in [2.45, 2.75) is 13.0 Å². The van der Waals surface area contributed by atoms with Gasteiger partial charge in [-0.2, -0.15) is 4.52 Å². The monoisotopic (exact) mass is 283 g/mol. The van der Waals surface area contributed by atoms with E-state index in [-0.39, 0.29) is 6.10 Å². The lowest BCUT2D eigenvalue weighted by Crippen LogP contribution is -2.15. The Morgan fingerprint density at radius 1 is 1.14 bits per heavy atom. The SMILES string of the molecule is COC(CNc1ccc2nnc(C)n2n1)c1ccccc1. The average molecular weight is 283 g/mol. The van der Waals surface area contributed by atoms with E-state index in [0.29, 0.717) is 6.54 Å². The number of nitrogens with zero attached hydrogens (tertiary/aromatic N) is 4. The highest BCUT2D eigenvalue weighted by molar-refractivity contribution is 5.44. The summed E-state index contributed by atoms with van der Waals surface area (Å²) in [6.45, 7) is 2.51. The third kappa shape index (κ3) is 2.85. The zero-order chi connectivity index (χ0) is 14.7. The number of aromatic nitrogens is 4. The summed E-state index contributed by atoms with van der Waals surface area (Å²) in [5, 5.41) is 15.8. The quantitative estimate of drug-likeness (QED) is 0.778. The van der Waals surface area contributed by atoms with E-state index in [1.807, 2.05) is 37.3 Å². The van der Waals surface area contributed by atoms with Gasteiger partial charge in [-0.25, -0.2) is 0 Å². The molecule has 0 fully saturated rings. The number of ether oxygens (including phenoxy) is 1. The number of benzene rings is 1. The summed E-state index contributed by atoms with van der Waals surface area (Å²) in [4.78, 5) is 0. The number of fused-ring (bicyclic) bond motifs is 1. The number of anilines is 1. The van der Waals surface area contributed by atoms with Crippen molar-refractivity contribution in [1.82, 2.24) is 19.8 Å². The van der Waals surface area contributed by atoms with E-state index < -0.39 is 0 Å². The van der Waals surface area contributed by atoms with E-state index in [0.717, 1.165) is 22.9 Å². The summed E-state index contributed by atoms with van der Waals surface area (Å²) in [6.07, 6.45) is -0.0225. The number of rotatable bonds is 5. The normalized spacial score (nSPS) is 12.5. The van der Waals surface area contributed by atoms with Crippen LogP contribution in [-0.4, -0.2) is 33.5 Å². The molecule has 2 aromatic heterocycles. The summed E-state index contributed by atoms with van der Waals surface area (Å²) in [5.41, 5.74) is 1.87. The van der Waals surface area contributed by atoms with Crippen LogP contribution in [0.3, 0.4) is 0 Å². The van der Waals surface area contributed by atoms with Gasteiger partial charge in [-0.15, -0.1) is 15.3 Å². The molecule has 0 saturated carbocycles. The van der Waals surface area contributed by atoms with Gasteiger partial charge in [0.1, 0.15) is 5.82 Å². The molecule has 21 heavy (non-hydrogen) atoms. The van der Waals surface area contributed by atoms with E-state index in [4.69, 9.17) is 4.74 Å². The van der Waals surface area contributed by atoms with Crippen molar-refractivity contribution < 1.29 is 4.74 Å². The molecule has 3 rings (SSSR count). The second kappa shape index (κ2) is 5.88. The van der Waals surface area contributed by atoms with Crippen LogP contribution in [0.15, 0.2) is 42.5 Å². The highest BCUT2D eigenvalue weighted by Gasteiger charge is 2.10. The summed E-state index contributed by atoms with van der Waals surface area (Å²) in [6, 6.07) is 13.9.